The number of rotatable bonds is 4. The van der Waals surface area contributed by atoms with Crippen LogP contribution in [0.1, 0.15) is 48.6 Å². The number of aromatic nitrogens is 4. The number of aryl methyl sites for hydroxylation is 1. The van der Waals surface area contributed by atoms with E-state index in [-0.39, 0.29) is 12.1 Å². The van der Waals surface area contributed by atoms with Crippen molar-refractivity contribution >= 4 is 39.2 Å². The molecule has 1 aromatic carbocycles. The van der Waals surface area contributed by atoms with Gasteiger partial charge >= 0.3 is 6.03 Å². The van der Waals surface area contributed by atoms with Gasteiger partial charge in [-0.25, -0.2) is 14.8 Å². The fraction of sp³-hybridized carbons (Fsp3) is 0.333. The minimum atomic E-state index is -0.496. The monoisotopic (exact) mass is 459 g/mol. The summed E-state index contributed by atoms with van der Waals surface area (Å²) in [5.41, 5.74) is 4.80. The summed E-state index contributed by atoms with van der Waals surface area (Å²) in [6, 6.07) is 10.5. The number of nitrogens with zero attached hydrogens (tertiary/aromatic N) is 4. The lowest BCUT2D eigenvalue weighted by atomic mass is 10.0. The van der Waals surface area contributed by atoms with Gasteiger partial charge in [-0.1, -0.05) is 30.3 Å². The molecule has 0 spiro atoms. The molecule has 0 saturated heterocycles. The second-order valence-corrected chi connectivity index (χ2v) is 10.2. The molecule has 6 rings (SSSR count). The predicted octanol–water partition coefficient (Wildman–Crippen LogP) is 4.78. The number of carbonyl (C=O) groups excluding carboxylic acids is 1. The largest absolute Gasteiger partial charge is 0.335 e. The van der Waals surface area contributed by atoms with Crippen LogP contribution >= 0.6 is 11.3 Å². The summed E-state index contributed by atoms with van der Waals surface area (Å²) in [6.07, 6.45) is 2.55. The molecule has 0 bridgehead atoms. The molecule has 2 aliphatic rings. The molecule has 1 aliphatic heterocycles. The van der Waals surface area contributed by atoms with Crippen molar-refractivity contribution < 1.29 is 4.79 Å². The van der Waals surface area contributed by atoms with Gasteiger partial charge in [0.05, 0.1) is 28.0 Å². The highest BCUT2D eigenvalue weighted by atomic mass is 32.1. The van der Waals surface area contributed by atoms with E-state index in [1.54, 1.807) is 17.7 Å². The van der Waals surface area contributed by atoms with E-state index < -0.39 is 5.54 Å². The Labute approximate surface area is 195 Å². The van der Waals surface area contributed by atoms with E-state index in [1.165, 1.54) is 5.56 Å². The summed E-state index contributed by atoms with van der Waals surface area (Å²) in [4.78, 5) is 24.0. The van der Waals surface area contributed by atoms with Gasteiger partial charge in [-0.2, -0.15) is 5.10 Å². The van der Waals surface area contributed by atoms with Gasteiger partial charge in [0.2, 0.25) is 0 Å². The first kappa shape index (κ1) is 20.2. The molecule has 9 heteroatoms. The number of urea groups is 1. The fourth-order valence-corrected chi connectivity index (χ4v) is 5.72. The maximum Gasteiger partial charge on any atom is 0.318 e. The van der Waals surface area contributed by atoms with E-state index >= 15 is 0 Å². The van der Waals surface area contributed by atoms with Crippen LogP contribution in [-0.4, -0.2) is 37.1 Å². The molecule has 1 aliphatic carbocycles. The summed E-state index contributed by atoms with van der Waals surface area (Å²) in [5.74, 6) is 1.83. The van der Waals surface area contributed by atoms with E-state index in [0.717, 1.165) is 39.3 Å². The van der Waals surface area contributed by atoms with Crippen LogP contribution in [0.3, 0.4) is 0 Å². The minimum Gasteiger partial charge on any atom is -0.335 e. The smallest absolute Gasteiger partial charge is 0.318 e. The molecule has 0 unspecified atom stereocenters. The van der Waals surface area contributed by atoms with Crippen molar-refractivity contribution in [2.24, 2.45) is 0 Å². The Morgan fingerprint density at radius 1 is 1.21 bits per heavy atom. The van der Waals surface area contributed by atoms with Crippen LogP contribution in [0.5, 0.6) is 0 Å². The van der Waals surface area contributed by atoms with Gasteiger partial charge in [-0.15, -0.1) is 11.3 Å². The van der Waals surface area contributed by atoms with Crippen molar-refractivity contribution in [3.8, 4) is 0 Å². The number of amides is 2. The Morgan fingerprint density at radius 2 is 2.03 bits per heavy atom. The van der Waals surface area contributed by atoms with Gasteiger partial charge in [-0.05, 0) is 43.7 Å². The number of fused-ring (bicyclic) bond motifs is 2. The SMILES string of the molecule is Cc1csc2c(Nc3n[nH]c4c3CN(C(=O)N[C@@H]3C[C@H]3c3ccccc3)C4(C)C)ncnc12. The van der Waals surface area contributed by atoms with E-state index in [1.807, 2.05) is 43.9 Å². The summed E-state index contributed by atoms with van der Waals surface area (Å²) in [7, 11) is 0. The first-order valence-corrected chi connectivity index (χ1v) is 12.0. The van der Waals surface area contributed by atoms with E-state index in [2.05, 4.69) is 48.3 Å². The van der Waals surface area contributed by atoms with Crippen molar-refractivity contribution in [3.05, 3.63) is 64.4 Å². The van der Waals surface area contributed by atoms with E-state index in [4.69, 9.17) is 0 Å². The van der Waals surface area contributed by atoms with Crippen LogP contribution in [0.15, 0.2) is 42.0 Å². The predicted molar refractivity (Wildman–Crippen MR) is 129 cm³/mol. The molecule has 168 valence electrons. The van der Waals surface area contributed by atoms with Crippen molar-refractivity contribution in [2.75, 3.05) is 5.32 Å². The number of nitrogens with one attached hydrogen (secondary N) is 3. The number of aromatic amines is 1. The van der Waals surface area contributed by atoms with E-state index in [0.29, 0.717) is 18.3 Å². The minimum absolute atomic E-state index is 0.0442. The number of hydrogen-bond donors (Lipinski definition) is 3. The van der Waals surface area contributed by atoms with Crippen LogP contribution < -0.4 is 10.6 Å². The molecule has 33 heavy (non-hydrogen) atoms. The standard InChI is InChI=1S/C24H25N7OS/c1-13-11-33-19-18(13)25-12-26-22(19)28-21-16-10-31(24(2,3)20(16)29-30-21)23(32)27-17-9-15(17)14-7-5-4-6-8-14/h4-8,11-12,15,17H,9-10H2,1-3H3,(H,27,32)(H2,25,26,28,29,30)/t15-,17+/m0/s1. The fourth-order valence-electron chi connectivity index (χ4n) is 4.78. The molecule has 2 amide bonds. The second kappa shape index (κ2) is 7.28. The average molecular weight is 460 g/mol. The molecule has 8 nitrogen and oxygen atoms in total. The van der Waals surface area contributed by atoms with Crippen LogP contribution in [0.4, 0.5) is 16.4 Å². The van der Waals surface area contributed by atoms with Crippen molar-refractivity contribution in [1.29, 1.82) is 0 Å². The Balaban J connectivity index is 1.21. The highest BCUT2D eigenvalue weighted by Gasteiger charge is 2.46. The molecule has 1 saturated carbocycles. The Hall–Kier alpha value is -3.46. The zero-order valence-corrected chi connectivity index (χ0v) is 19.5. The number of H-pyrrole nitrogens is 1. The highest BCUT2D eigenvalue weighted by Crippen LogP contribution is 2.44. The topological polar surface area (TPSA) is 98.8 Å². The molecule has 4 heterocycles. The molecule has 4 aromatic rings. The molecule has 0 radical (unpaired) electrons. The molecule has 3 aromatic heterocycles. The van der Waals surface area contributed by atoms with E-state index in [9.17, 15) is 4.79 Å². The van der Waals surface area contributed by atoms with Gasteiger partial charge in [0.1, 0.15) is 6.33 Å². The molecule has 2 atom stereocenters. The van der Waals surface area contributed by atoms with Crippen LogP contribution in [0, 0.1) is 6.92 Å². The third-order valence-corrected chi connectivity index (χ3v) is 7.90. The maximum atomic E-state index is 13.2. The first-order chi connectivity index (χ1) is 15.9. The molecular weight excluding hydrogens is 434 g/mol. The quantitative estimate of drug-likeness (QED) is 0.408. The molecule has 3 N–H and O–H groups in total. The number of benzene rings is 1. The van der Waals surface area contributed by atoms with Crippen LogP contribution in [-0.2, 0) is 12.1 Å². The number of hydrogen-bond acceptors (Lipinski definition) is 6. The maximum absolute atomic E-state index is 13.2. The second-order valence-electron chi connectivity index (χ2n) is 9.32. The first-order valence-electron chi connectivity index (χ1n) is 11.1. The lowest BCUT2D eigenvalue weighted by Crippen LogP contribution is -2.47. The van der Waals surface area contributed by atoms with Gasteiger partial charge in [0, 0.05) is 17.5 Å². The van der Waals surface area contributed by atoms with Crippen LogP contribution in [0.25, 0.3) is 10.2 Å². The number of carbonyl (C=O) groups is 1. The highest BCUT2D eigenvalue weighted by molar-refractivity contribution is 7.18. The normalized spacial score (nSPS) is 20.6. The van der Waals surface area contributed by atoms with Gasteiger partial charge < -0.3 is 15.5 Å². The number of anilines is 2. The van der Waals surface area contributed by atoms with Crippen molar-refractivity contribution in [1.82, 2.24) is 30.4 Å². The van der Waals surface area contributed by atoms with Crippen molar-refractivity contribution in [2.45, 2.75) is 51.2 Å². The summed E-state index contributed by atoms with van der Waals surface area (Å²) in [5, 5.41) is 16.4. The number of thiophene rings is 1. The lowest BCUT2D eigenvalue weighted by Gasteiger charge is -2.32. The Bertz CT molecular complexity index is 1360. The summed E-state index contributed by atoms with van der Waals surface area (Å²) >= 11 is 1.61. The Kier molecular flexibility index (Phi) is 4.45. The average Bonchev–Trinajstić information content (AvgIpc) is 3.14. The Morgan fingerprint density at radius 3 is 2.85 bits per heavy atom. The zero-order valence-electron chi connectivity index (χ0n) is 18.7. The summed E-state index contributed by atoms with van der Waals surface area (Å²) < 4.78 is 0.999. The third kappa shape index (κ3) is 3.26. The van der Waals surface area contributed by atoms with Crippen molar-refractivity contribution in [3.63, 3.8) is 0 Å². The molecular formula is C24H25N7OS. The van der Waals surface area contributed by atoms with Gasteiger partial charge in [0.15, 0.2) is 11.6 Å². The summed E-state index contributed by atoms with van der Waals surface area (Å²) in [6.45, 7) is 6.62. The third-order valence-electron chi connectivity index (χ3n) is 6.81. The molecule has 1 fully saturated rings. The van der Waals surface area contributed by atoms with Gasteiger partial charge in [-0.3, -0.25) is 5.10 Å². The van der Waals surface area contributed by atoms with Gasteiger partial charge in [0.25, 0.3) is 0 Å². The lowest BCUT2D eigenvalue weighted by molar-refractivity contribution is 0.142. The van der Waals surface area contributed by atoms with Crippen LogP contribution in [0.2, 0.25) is 0 Å². The zero-order chi connectivity index (χ0) is 22.7.